The van der Waals surface area contributed by atoms with Crippen LogP contribution in [0.5, 0.6) is 0 Å². The summed E-state index contributed by atoms with van der Waals surface area (Å²) >= 11 is 0. The second-order valence-electron chi connectivity index (χ2n) is 5.24. The Hall–Kier alpha value is -1.39. The van der Waals surface area contributed by atoms with Crippen LogP contribution in [0.3, 0.4) is 0 Å². The molecule has 0 radical (unpaired) electrons. The van der Waals surface area contributed by atoms with Crippen molar-refractivity contribution in [1.29, 1.82) is 0 Å². The summed E-state index contributed by atoms with van der Waals surface area (Å²) in [6, 6.07) is 10.3. The van der Waals surface area contributed by atoms with E-state index in [-0.39, 0.29) is 5.91 Å². The molecule has 4 heteroatoms. The maximum absolute atomic E-state index is 12.6. The molecule has 1 aliphatic heterocycles. The first-order valence-corrected chi connectivity index (χ1v) is 6.74. The predicted molar refractivity (Wildman–Crippen MR) is 74.8 cm³/mol. The van der Waals surface area contributed by atoms with E-state index in [1.54, 1.807) is 7.11 Å². The van der Waals surface area contributed by atoms with Crippen LogP contribution in [-0.2, 0) is 9.53 Å². The molecule has 19 heavy (non-hydrogen) atoms. The highest BCUT2D eigenvalue weighted by atomic mass is 16.5. The molecule has 1 saturated heterocycles. The molecule has 1 aliphatic rings. The molecule has 1 fully saturated rings. The van der Waals surface area contributed by atoms with Crippen LogP contribution in [0.2, 0.25) is 0 Å². The Kier molecular flexibility index (Phi) is 4.56. The minimum absolute atomic E-state index is 0.0499. The Balaban J connectivity index is 2.13. The molecule has 0 aromatic heterocycles. The number of nitrogens with one attached hydrogen (secondary N) is 1. The first-order valence-electron chi connectivity index (χ1n) is 6.74. The van der Waals surface area contributed by atoms with E-state index < -0.39 is 6.10 Å². The highest BCUT2D eigenvalue weighted by Gasteiger charge is 2.30. The minimum Gasteiger partial charge on any atom is -0.367 e. The van der Waals surface area contributed by atoms with E-state index in [1.807, 2.05) is 35.2 Å². The van der Waals surface area contributed by atoms with Crippen LogP contribution in [0.1, 0.15) is 25.5 Å². The lowest BCUT2D eigenvalue weighted by atomic mass is 10.1. The molecular formula is C15H22N2O2. The number of amides is 1. The largest absolute Gasteiger partial charge is 0.367 e. The van der Waals surface area contributed by atoms with Crippen LogP contribution in [0.4, 0.5) is 0 Å². The van der Waals surface area contributed by atoms with Crippen LogP contribution >= 0.6 is 0 Å². The van der Waals surface area contributed by atoms with Gasteiger partial charge in [0.05, 0.1) is 0 Å². The van der Waals surface area contributed by atoms with Gasteiger partial charge in [0.25, 0.3) is 5.91 Å². The Morgan fingerprint density at radius 3 is 2.37 bits per heavy atom. The number of ether oxygens (including phenoxy) is 1. The van der Waals surface area contributed by atoms with Crippen molar-refractivity contribution in [1.82, 2.24) is 10.2 Å². The van der Waals surface area contributed by atoms with E-state index in [0.717, 1.165) is 18.7 Å². The zero-order valence-electron chi connectivity index (χ0n) is 11.8. The lowest BCUT2D eigenvalue weighted by Gasteiger charge is -2.37. The summed E-state index contributed by atoms with van der Waals surface area (Å²) in [5, 5.41) is 3.43. The average molecular weight is 262 g/mol. The van der Waals surface area contributed by atoms with Gasteiger partial charge in [-0.15, -0.1) is 0 Å². The molecule has 1 N–H and O–H groups in total. The van der Waals surface area contributed by atoms with E-state index in [9.17, 15) is 4.79 Å². The third-order valence-corrected chi connectivity index (χ3v) is 3.43. The van der Waals surface area contributed by atoms with Gasteiger partial charge in [0.1, 0.15) is 0 Å². The molecule has 104 valence electrons. The Labute approximate surface area is 114 Å². The van der Waals surface area contributed by atoms with Crippen molar-refractivity contribution in [3.8, 4) is 0 Å². The maximum atomic E-state index is 12.6. The molecule has 0 bridgehead atoms. The monoisotopic (exact) mass is 262 g/mol. The van der Waals surface area contributed by atoms with E-state index >= 15 is 0 Å². The normalized spacial score (nSPS) is 25.1. The predicted octanol–water partition coefficient (Wildman–Crippen LogP) is 1.58. The van der Waals surface area contributed by atoms with Gasteiger partial charge in [-0.05, 0) is 19.4 Å². The fourth-order valence-corrected chi connectivity index (χ4v) is 2.68. The molecule has 2 rings (SSSR count). The van der Waals surface area contributed by atoms with Crippen molar-refractivity contribution in [3.05, 3.63) is 35.9 Å². The third kappa shape index (κ3) is 3.33. The van der Waals surface area contributed by atoms with Gasteiger partial charge in [0.15, 0.2) is 6.10 Å². The zero-order valence-corrected chi connectivity index (χ0v) is 11.8. The average Bonchev–Trinajstić information content (AvgIpc) is 2.39. The fourth-order valence-electron chi connectivity index (χ4n) is 2.68. The van der Waals surface area contributed by atoms with Gasteiger partial charge >= 0.3 is 0 Å². The summed E-state index contributed by atoms with van der Waals surface area (Å²) in [4.78, 5) is 14.5. The van der Waals surface area contributed by atoms with E-state index in [1.165, 1.54) is 0 Å². The Morgan fingerprint density at radius 2 is 1.84 bits per heavy atom. The molecule has 0 aliphatic carbocycles. The number of hydrogen-bond acceptors (Lipinski definition) is 3. The molecule has 1 heterocycles. The van der Waals surface area contributed by atoms with Gasteiger partial charge in [-0.25, -0.2) is 0 Å². The van der Waals surface area contributed by atoms with Crippen LogP contribution in [0, 0.1) is 0 Å². The molecule has 3 atom stereocenters. The second-order valence-corrected chi connectivity index (χ2v) is 5.24. The number of methoxy groups -OCH3 is 1. The topological polar surface area (TPSA) is 41.6 Å². The van der Waals surface area contributed by atoms with E-state index in [2.05, 4.69) is 19.2 Å². The van der Waals surface area contributed by atoms with Crippen molar-refractivity contribution in [2.24, 2.45) is 0 Å². The Morgan fingerprint density at radius 1 is 1.26 bits per heavy atom. The molecule has 1 amide bonds. The maximum Gasteiger partial charge on any atom is 0.256 e. The second kappa shape index (κ2) is 6.17. The van der Waals surface area contributed by atoms with Crippen molar-refractivity contribution in [3.63, 3.8) is 0 Å². The van der Waals surface area contributed by atoms with Crippen LogP contribution in [0.15, 0.2) is 30.3 Å². The number of carbonyl (C=O) groups is 1. The summed E-state index contributed by atoms with van der Waals surface area (Å²) in [5.41, 5.74) is 0.911. The lowest BCUT2D eigenvalue weighted by Crippen LogP contribution is -2.56. The highest BCUT2D eigenvalue weighted by Crippen LogP contribution is 2.20. The number of rotatable bonds is 3. The summed E-state index contributed by atoms with van der Waals surface area (Å²) in [6.45, 7) is 5.66. The van der Waals surface area contributed by atoms with Crippen molar-refractivity contribution < 1.29 is 9.53 Å². The van der Waals surface area contributed by atoms with Gasteiger partial charge in [-0.3, -0.25) is 4.79 Å². The van der Waals surface area contributed by atoms with Crippen LogP contribution in [-0.4, -0.2) is 43.1 Å². The van der Waals surface area contributed by atoms with E-state index in [4.69, 9.17) is 4.74 Å². The molecule has 0 saturated carbocycles. The first-order chi connectivity index (χ1) is 9.11. The summed E-state index contributed by atoms with van der Waals surface area (Å²) in [5.74, 6) is 0.0499. The van der Waals surface area contributed by atoms with Gasteiger partial charge in [-0.2, -0.15) is 0 Å². The SMILES string of the molecule is CO[C@H](C(=O)N1C[C@@H](C)N[C@H](C)C1)c1ccccc1. The number of benzene rings is 1. The number of carbonyl (C=O) groups excluding carboxylic acids is 1. The fraction of sp³-hybridized carbons (Fsp3) is 0.533. The lowest BCUT2D eigenvalue weighted by molar-refractivity contribution is -0.144. The summed E-state index contributed by atoms with van der Waals surface area (Å²) in [6.07, 6.45) is -0.501. The molecule has 1 aromatic rings. The molecule has 1 aromatic carbocycles. The van der Waals surface area contributed by atoms with Gasteiger partial charge in [0, 0.05) is 32.3 Å². The minimum atomic E-state index is -0.501. The number of hydrogen-bond donors (Lipinski definition) is 1. The summed E-state index contributed by atoms with van der Waals surface area (Å²) in [7, 11) is 1.59. The van der Waals surface area contributed by atoms with Gasteiger partial charge in [-0.1, -0.05) is 30.3 Å². The molecule has 0 spiro atoms. The quantitative estimate of drug-likeness (QED) is 0.899. The molecule has 4 nitrogen and oxygen atoms in total. The highest BCUT2D eigenvalue weighted by molar-refractivity contribution is 5.82. The molecular weight excluding hydrogens is 240 g/mol. The van der Waals surface area contributed by atoms with Crippen LogP contribution < -0.4 is 5.32 Å². The van der Waals surface area contributed by atoms with Crippen molar-refractivity contribution in [2.45, 2.75) is 32.0 Å². The van der Waals surface area contributed by atoms with Crippen molar-refractivity contribution >= 4 is 5.91 Å². The molecule has 0 unspecified atom stereocenters. The standard InChI is InChI=1S/C15H22N2O2/c1-11-9-17(10-12(2)16-11)15(18)14(19-3)13-7-5-4-6-8-13/h4-8,11-12,14,16H,9-10H2,1-3H3/t11-,12-,14+/m1/s1. The first kappa shape index (κ1) is 14.0. The third-order valence-electron chi connectivity index (χ3n) is 3.43. The number of piperazine rings is 1. The smallest absolute Gasteiger partial charge is 0.256 e. The van der Waals surface area contributed by atoms with Crippen molar-refractivity contribution in [2.75, 3.05) is 20.2 Å². The summed E-state index contributed by atoms with van der Waals surface area (Å²) < 4.78 is 5.41. The van der Waals surface area contributed by atoms with E-state index in [0.29, 0.717) is 12.1 Å². The van der Waals surface area contributed by atoms with Gasteiger partial charge < -0.3 is 15.0 Å². The Bertz CT molecular complexity index is 411. The van der Waals surface area contributed by atoms with Gasteiger partial charge in [0.2, 0.25) is 0 Å². The zero-order chi connectivity index (χ0) is 13.8. The number of nitrogens with zero attached hydrogens (tertiary/aromatic N) is 1. The van der Waals surface area contributed by atoms with Crippen LogP contribution in [0.25, 0.3) is 0 Å².